The largest absolute Gasteiger partial charge is 0.496 e. The molecule has 3 aromatic rings. The van der Waals surface area contributed by atoms with Crippen molar-refractivity contribution < 1.29 is 14.3 Å². The fourth-order valence-electron chi connectivity index (χ4n) is 3.17. The minimum Gasteiger partial charge on any atom is -0.496 e. The van der Waals surface area contributed by atoms with Crippen LogP contribution in [0.2, 0.25) is 0 Å². The molecule has 2 N–H and O–H groups in total. The van der Waals surface area contributed by atoms with E-state index in [0.29, 0.717) is 11.7 Å². The quantitative estimate of drug-likeness (QED) is 0.654. The molecule has 1 aromatic heterocycles. The van der Waals surface area contributed by atoms with E-state index in [9.17, 15) is 9.59 Å². The van der Waals surface area contributed by atoms with Crippen LogP contribution >= 0.6 is 0 Å². The summed E-state index contributed by atoms with van der Waals surface area (Å²) in [5, 5.41) is 9.70. The number of para-hydroxylation sites is 1. The van der Waals surface area contributed by atoms with E-state index in [1.807, 2.05) is 54.6 Å². The molecule has 1 unspecified atom stereocenters. The number of rotatable bonds is 5. The molecule has 8 heteroatoms. The van der Waals surface area contributed by atoms with Crippen LogP contribution in [0.1, 0.15) is 23.6 Å². The highest BCUT2D eigenvalue weighted by atomic mass is 16.5. The predicted molar refractivity (Wildman–Crippen MR) is 109 cm³/mol. The number of ether oxygens (including phenoxy) is 1. The molecular weight excluding hydrogens is 370 g/mol. The van der Waals surface area contributed by atoms with E-state index in [2.05, 4.69) is 20.7 Å². The first-order valence-electron chi connectivity index (χ1n) is 9.07. The second-order valence-corrected chi connectivity index (χ2v) is 6.45. The molecule has 0 aliphatic carbocycles. The zero-order valence-electron chi connectivity index (χ0n) is 15.7. The molecule has 0 spiro atoms. The third kappa shape index (κ3) is 4.01. The fourth-order valence-corrected chi connectivity index (χ4v) is 3.17. The second-order valence-electron chi connectivity index (χ2n) is 6.45. The van der Waals surface area contributed by atoms with Gasteiger partial charge in [-0.15, -0.1) is 5.10 Å². The number of carbonyl (C=O) groups is 2. The van der Waals surface area contributed by atoms with E-state index in [1.165, 1.54) is 6.08 Å². The summed E-state index contributed by atoms with van der Waals surface area (Å²) in [6, 6.07) is 16.7. The van der Waals surface area contributed by atoms with Crippen LogP contribution in [0.15, 0.2) is 60.7 Å². The average molecular weight is 389 g/mol. The Bertz CT molecular complexity index is 1070. The van der Waals surface area contributed by atoms with Gasteiger partial charge >= 0.3 is 0 Å². The summed E-state index contributed by atoms with van der Waals surface area (Å²) in [4.78, 5) is 28.6. The lowest BCUT2D eigenvalue weighted by Gasteiger charge is -2.23. The second kappa shape index (κ2) is 7.97. The van der Waals surface area contributed by atoms with Crippen molar-refractivity contribution in [3.8, 4) is 5.75 Å². The highest BCUT2D eigenvalue weighted by Gasteiger charge is 2.29. The molecular formula is C21H19N5O3. The van der Waals surface area contributed by atoms with E-state index < -0.39 is 0 Å². The fraction of sp³-hybridized carbons (Fsp3) is 0.143. The summed E-state index contributed by atoms with van der Waals surface area (Å²) >= 11 is 0. The van der Waals surface area contributed by atoms with Gasteiger partial charge in [-0.3, -0.25) is 20.2 Å². The van der Waals surface area contributed by atoms with Crippen molar-refractivity contribution in [3.63, 3.8) is 0 Å². The number of hydrogen-bond acceptors (Lipinski definition) is 5. The van der Waals surface area contributed by atoms with Crippen molar-refractivity contribution >= 4 is 29.8 Å². The molecule has 1 aliphatic rings. The zero-order valence-corrected chi connectivity index (χ0v) is 15.7. The van der Waals surface area contributed by atoms with Gasteiger partial charge in [-0.25, -0.2) is 4.68 Å². The molecule has 0 radical (unpaired) electrons. The first-order valence-corrected chi connectivity index (χ1v) is 9.07. The number of methoxy groups -OCH3 is 1. The van der Waals surface area contributed by atoms with Crippen LogP contribution in [0.4, 0.5) is 11.9 Å². The maximum absolute atomic E-state index is 12.3. The van der Waals surface area contributed by atoms with E-state index in [0.717, 1.165) is 11.1 Å². The lowest BCUT2D eigenvalue weighted by atomic mass is 10.0. The van der Waals surface area contributed by atoms with Crippen LogP contribution in [0.5, 0.6) is 5.75 Å². The molecule has 2 heterocycles. The monoisotopic (exact) mass is 389 g/mol. The van der Waals surface area contributed by atoms with Crippen molar-refractivity contribution in [2.75, 3.05) is 17.7 Å². The van der Waals surface area contributed by atoms with E-state index >= 15 is 0 Å². The van der Waals surface area contributed by atoms with E-state index in [-0.39, 0.29) is 30.2 Å². The maximum Gasteiger partial charge on any atom is 0.250 e. The highest BCUT2D eigenvalue weighted by Crippen LogP contribution is 2.29. The van der Waals surface area contributed by atoms with E-state index in [4.69, 9.17) is 4.74 Å². The topological polar surface area (TPSA) is 98.1 Å². The van der Waals surface area contributed by atoms with Gasteiger partial charge in [0.1, 0.15) is 5.75 Å². The molecule has 2 aromatic carbocycles. The zero-order chi connectivity index (χ0) is 20.2. The number of amides is 2. The van der Waals surface area contributed by atoms with Crippen LogP contribution in [0.3, 0.4) is 0 Å². The van der Waals surface area contributed by atoms with Crippen molar-refractivity contribution in [2.45, 2.75) is 12.5 Å². The van der Waals surface area contributed by atoms with Crippen molar-refractivity contribution in [1.82, 2.24) is 14.8 Å². The van der Waals surface area contributed by atoms with Gasteiger partial charge in [0.2, 0.25) is 11.9 Å². The SMILES string of the molecule is COc1ccccc1C=CC(=O)Nc1nc2n(n1)C(c1ccccc1)CC(=O)N2. The van der Waals surface area contributed by atoms with Gasteiger partial charge in [0.15, 0.2) is 0 Å². The summed E-state index contributed by atoms with van der Waals surface area (Å²) in [7, 11) is 1.57. The van der Waals surface area contributed by atoms with Crippen LogP contribution in [-0.2, 0) is 9.59 Å². The smallest absolute Gasteiger partial charge is 0.250 e. The Kier molecular flexibility index (Phi) is 5.07. The Morgan fingerprint density at radius 2 is 1.97 bits per heavy atom. The summed E-state index contributed by atoms with van der Waals surface area (Å²) in [6.45, 7) is 0. The number of aromatic nitrogens is 3. The number of benzene rings is 2. The van der Waals surface area contributed by atoms with Crippen molar-refractivity contribution in [1.29, 1.82) is 0 Å². The molecule has 0 fully saturated rings. The van der Waals surface area contributed by atoms with Gasteiger partial charge < -0.3 is 4.74 Å². The van der Waals surface area contributed by atoms with Gasteiger partial charge in [0.25, 0.3) is 11.9 Å². The van der Waals surface area contributed by atoms with Gasteiger partial charge in [-0.05, 0) is 17.7 Å². The Balaban J connectivity index is 1.53. The first-order chi connectivity index (χ1) is 14.1. The normalized spacial score (nSPS) is 15.6. The average Bonchev–Trinajstić information content (AvgIpc) is 3.14. The standard InChI is InChI=1S/C21H19N5O3/c1-29-17-10-6-5-9-15(17)11-12-18(27)22-20-24-21-23-19(28)13-16(26(21)25-20)14-7-3-2-4-8-14/h2-12,16H,13H2,1H3,(H2,22,23,24,25,27,28). The first kappa shape index (κ1) is 18.4. The maximum atomic E-state index is 12.3. The Hall–Kier alpha value is -3.94. The molecule has 4 rings (SSSR count). The van der Waals surface area contributed by atoms with Crippen LogP contribution in [0.25, 0.3) is 6.08 Å². The minimum atomic E-state index is -0.388. The number of nitrogens with zero attached hydrogens (tertiary/aromatic N) is 3. The number of carbonyl (C=O) groups excluding carboxylic acids is 2. The Morgan fingerprint density at radius 3 is 2.76 bits per heavy atom. The summed E-state index contributed by atoms with van der Waals surface area (Å²) in [5.74, 6) is 0.562. The molecule has 2 amide bonds. The molecule has 29 heavy (non-hydrogen) atoms. The molecule has 0 saturated carbocycles. The summed E-state index contributed by atoms with van der Waals surface area (Å²) in [6.07, 6.45) is 3.28. The van der Waals surface area contributed by atoms with Gasteiger partial charge in [-0.1, -0.05) is 48.5 Å². The molecule has 146 valence electrons. The molecule has 1 aliphatic heterocycles. The van der Waals surface area contributed by atoms with Crippen molar-refractivity contribution in [3.05, 3.63) is 71.8 Å². The van der Waals surface area contributed by atoms with E-state index in [1.54, 1.807) is 17.9 Å². The minimum absolute atomic E-state index is 0.123. The summed E-state index contributed by atoms with van der Waals surface area (Å²) in [5.41, 5.74) is 1.72. The number of anilines is 2. The highest BCUT2D eigenvalue weighted by molar-refractivity contribution is 6.01. The molecule has 0 bridgehead atoms. The molecule has 8 nitrogen and oxygen atoms in total. The van der Waals surface area contributed by atoms with Gasteiger partial charge in [0, 0.05) is 11.6 Å². The van der Waals surface area contributed by atoms with Crippen LogP contribution in [-0.4, -0.2) is 33.7 Å². The molecule has 1 atom stereocenters. The number of nitrogens with one attached hydrogen (secondary N) is 2. The number of hydrogen-bond donors (Lipinski definition) is 2. The van der Waals surface area contributed by atoms with Gasteiger partial charge in [0.05, 0.1) is 19.6 Å². The Morgan fingerprint density at radius 1 is 1.21 bits per heavy atom. The third-order valence-corrected chi connectivity index (χ3v) is 4.53. The predicted octanol–water partition coefficient (Wildman–Crippen LogP) is 2.87. The van der Waals surface area contributed by atoms with Crippen LogP contribution < -0.4 is 15.4 Å². The lowest BCUT2D eigenvalue weighted by Crippen LogP contribution is -2.29. The van der Waals surface area contributed by atoms with Crippen molar-refractivity contribution in [2.24, 2.45) is 0 Å². The lowest BCUT2D eigenvalue weighted by molar-refractivity contribution is -0.117. The van der Waals surface area contributed by atoms with Gasteiger partial charge in [-0.2, -0.15) is 4.98 Å². The third-order valence-electron chi connectivity index (χ3n) is 4.53. The number of fused-ring (bicyclic) bond motifs is 1. The van der Waals surface area contributed by atoms with Crippen LogP contribution in [0, 0.1) is 0 Å². The Labute approximate surface area is 167 Å². The summed E-state index contributed by atoms with van der Waals surface area (Å²) < 4.78 is 6.89. The molecule has 0 saturated heterocycles.